The lowest BCUT2D eigenvalue weighted by molar-refractivity contribution is -0.170. The van der Waals surface area contributed by atoms with Crippen molar-refractivity contribution in [3.63, 3.8) is 0 Å². The van der Waals surface area contributed by atoms with E-state index in [0.29, 0.717) is 12.4 Å². The number of ether oxygens (including phenoxy) is 2. The van der Waals surface area contributed by atoms with E-state index in [0.717, 1.165) is 0 Å². The first kappa shape index (κ1) is 24.7. The standard InChI is InChI=1S/C22H33N3O7/c1-11(12(2)26)21-18(32-21)7-17-20(30)19(29)13(10-31-17)5-15(27)6-16(28)14-8-23-22(24-9-14)25(3)4/h8-9,11-13,17-21,26,29-30H,5-7,10H2,1-4H3/t11-,12-,13-,17-,18-,19+,20-,21-/m0/s1. The van der Waals surface area contributed by atoms with Gasteiger partial charge in [0.15, 0.2) is 5.78 Å². The van der Waals surface area contributed by atoms with Crippen LogP contribution in [0, 0.1) is 11.8 Å². The molecule has 0 unspecified atom stereocenters. The van der Waals surface area contributed by atoms with Crippen LogP contribution in [-0.4, -0.2) is 94.2 Å². The summed E-state index contributed by atoms with van der Waals surface area (Å²) in [5, 5.41) is 30.7. The Hall–Kier alpha value is -1.98. The Labute approximate surface area is 187 Å². The van der Waals surface area contributed by atoms with E-state index in [1.807, 2.05) is 6.92 Å². The molecule has 1 aromatic heterocycles. The monoisotopic (exact) mass is 451 g/mol. The smallest absolute Gasteiger partial charge is 0.224 e. The summed E-state index contributed by atoms with van der Waals surface area (Å²) in [4.78, 5) is 34.6. The second-order valence-electron chi connectivity index (χ2n) is 9.10. The third-order valence-electron chi connectivity index (χ3n) is 6.31. The molecule has 1 aromatic rings. The normalized spacial score (nSPS) is 31.6. The maximum absolute atomic E-state index is 12.4. The number of aliphatic hydroxyl groups excluding tert-OH is 3. The van der Waals surface area contributed by atoms with Gasteiger partial charge < -0.3 is 29.7 Å². The lowest BCUT2D eigenvalue weighted by atomic mass is 9.85. The van der Waals surface area contributed by atoms with Crippen molar-refractivity contribution in [2.24, 2.45) is 11.8 Å². The minimum Gasteiger partial charge on any atom is -0.393 e. The van der Waals surface area contributed by atoms with Gasteiger partial charge in [-0.3, -0.25) is 9.59 Å². The summed E-state index contributed by atoms with van der Waals surface area (Å²) in [6.07, 6.45) is -0.859. The Bertz CT molecular complexity index is 801. The number of carbonyl (C=O) groups is 2. The Balaban J connectivity index is 1.47. The van der Waals surface area contributed by atoms with Crippen molar-refractivity contribution in [2.75, 3.05) is 25.6 Å². The van der Waals surface area contributed by atoms with Crippen molar-refractivity contribution < 1.29 is 34.4 Å². The number of nitrogens with zero attached hydrogens (tertiary/aromatic N) is 3. The minimum absolute atomic E-state index is 0.0296. The summed E-state index contributed by atoms with van der Waals surface area (Å²) in [6.45, 7) is 3.71. The highest BCUT2D eigenvalue weighted by molar-refractivity contribution is 6.07. The van der Waals surface area contributed by atoms with Crippen LogP contribution in [0.3, 0.4) is 0 Å². The van der Waals surface area contributed by atoms with Crippen LogP contribution in [0.1, 0.15) is 43.5 Å². The maximum Gasteiger partial charge on any atom is 0.224 e. The average molecular weight is 452 g/mol. The second-order valence-corrected chi connectivity index (χ2v) is 9.10. The van der Waals surface area contributed by atoms with Gasteiger partial charge in [0.25, 0.3) is 0 Å². The first-order chi connectivity index (χ1) is 15.1. The van der Waals surface area contributed by atoms with E-state index in [2.05, 4.69) is 9.97 Å². The zero-order valence-corrected chi connectivity index (χ0v) is 18.9. The van der Waals surface area contributed by atoms with Crippen molar-refractivity contribution in [2.45, 2.75) is 69.7 Å². The lowest BCUT2D eigenvalue weighted by Gasteiger charge is -2.37. The summed E-state index contributed by atoms with van der Waals surface area (Å²) < 4.78 is 11.3. The molecule has 0 spiro atoms. The molecule has 2 aliphatic rings. The van der Waals surface area contributed by atoms with Crippen LogP contribution in [0.25, 0.3) is 0 Å². The number of carbonyl (C=O) groups excluding carboxylic acids is 2. The van der Waals surface area contributed by atoms with Crippen molar-refractivity contribution in [3.8, 4) is 0 Å². The SMILES string of the molecule is C[C@H]([C@@H]1O[C@H]1C[C@@H]1OC[C@H](CC(=O)CC(=O)c2cnc(N(C)C)nc2)[C@@H](O)[C@H]1O)[C@H](C)O. The van der Waals surface area contributed by atoms with Crippen LogP contribution < -0.4 is 4.90 Å². The van der Waals surface area contributed by atoms with Gasteiger partial charge in [-0.15, -0.1) is 0 Å². The molecular formula is C22H33N3O7. The van der Waals surface area contributed by atoms with E-state index in [9.17, 15) is 24.9 Å². The summed E-state index contributed by atoms with van der Waals surface area (Å²) in [5.74, 6) is -0.906. The summed E-state index contributed by atoms with van der Waals surface area (Å²) >= 11 is 0. The topological polar surface area (TPSA) is 146 Å². The molecule has 2 saturated heterocycles. The molecule has 0 bridgehead atoms. The highest BCUT2D eigenvalue weighted by Gasteiger charge is 2.48. The van der Waals surface area contributed by atoms with Crippen LogP contribution in [0.2, 0.25) is 0 Å². The van der Waals surface area contributed by atoms with Crippen LogP contribution in [0.5, 0.6) is 0 Å². The first-order valence-corrected chi connectivity index (χ1v) is 10.9. The van der Waals surface area contributed by atoms with Gasteiger partial charge in [-0.1, -0.05) is 6.92 Å². The number of hydrogen-bond donors (Lipinski definition) is 3. The van der Waals surface area contributed by atoms with Gasteiger partial charge in [0, 0.05) is 51.2 Å². The van der Waals surface area contributed by atoms with E-state index < -0.39 is 36.1 Å². The Morgan fingerprint density at radius 2 is 1.81 bits per heavy atom. The molecule has 2 aliphatic heterocycles. The first-order valence-electron chi connectivity index (χ1n) is 10.9. The fraction of sp³-hybridized carbons (Fsp3) is 0.727. The number of hydrogen-bond acceptors (Lipinski definition) is 10. The number of aromatic nitrogens is 2. The predicted molar refractivity (Wildman–Crippen MR) is 114 cm³/mol. The van der Waals surface area contributed by atoms with Crippen molar-refractivity contribution >= 4 is 17.5 Å². The van der Waals surface area contributed by atoms with Crippen LogP contribution >= 0.6 is 0 Å². The van der Waals surface area contributed by atoms with Crippen LogP contribution in [-0.2, 0) is 14.3 Å². The van der Waals surface area contributed by atoms with Crippen molar-refractivity contribution in [1.82, 2.24) is 9.97 Å². The van der Waals surface area contributed by atoms with E-state index in [-0.39, 0.29) is 48.9 Å². The van der Waals surface area contributed by atoms with E-state index >= 15 is 0 Å². The molecule has 8 atom stereocenters. The highest BCUT2D eigenvalue weighted by Crippen LogP contribution is 2.37. The maximum atomic E-state index is 12.4. The Kier molecular flexibility index (Phi) is 7.94. The average Bonchev–Trinajstić information content (AvgIpc) is 3.51. The third kappa shape index (κ3) is 5.87. The molecule has 0 radical (unpaired) electrons. The number of epoxide rings is 1. The van der Waals surface area contributed by atoms with Gasteiger partial charge in [-0.2, -0.15) is 0 Å². The van der Waals surface area contributed by atoms with Gasteiger partial charge in [-0.05, 0) is 6.92 Å². The number of aliphatic hydroxyl groups is 3. The number of ketones is 2. The van der Waals surface area contributed by atoms with E-state index in [1.165, 1.54) is 12.4 Å². The summed E-state index contributed by atoms with van der Waals surface area (Å²) in [7, 11) is 3.56. The number of anilines is 1. The molecule has 0 aromatic carbocycles. The fourth-order valence-corrected chi connectivity index (χ4v) is 3.98. The van der Waals surface area contributed by atoms with Crippen LogP contribution in [0.4, 0.5) is 5.95 Å². The molecule has 32 heavy (non-hydrogen) atoms. The van der Waals surface area contributed by atoms with E-state index in [1.54, 1.807) is 25.9 Å². The molecule has 0 aliphatic carbocycles. The van der Waals surface area contributed by atoms with Crippen LogP contribution in [0.15, 0.2) is 12.4 Å². The molecular weight excluding hydrogens is 418 g/mol. The molecule has 178 valence electrons. The zero-order chi connectivity index (χ0) is 23.6. The molecule has 3 heterocycles. The molecule has 0 amide bonds. The lowest BCUT2D eigenvalue weighted by Crippen LogP contribution is -2.51. The quantitative estimate of drug-likeness (QED) is 0.252. The predicted octanol–water partition coefficient (Wildman–Crippen LogP) is -0.0142. The summed E-state index contributed by atoms with van der Waals surface area (Å²) in [5.41, 5.74) is 0.245. The van der Waals surface area contributed by atoms with Crippen molar-refractivity contribution in [1.29, 1.82) is 0 Å². The molecule has 2 fully saturated rings. The largest absolute Gasteiger partial charge is 0.393 e. The van der Waals surface area contributed by atoms with Gasteiger partial charge in [0.1, 0.15) is 11.9 Å². The molecule has 3 rings (SSSR count). The van der Waals surface area contributed by atoms with E-state index in [4.69, 9.17) is 9.47 Å². The Morgan fingerprint density at radius 1 is 1.16 bits per heavy atom. The number of rotatable bonds is 10. The zero-order valence-electron chi connectivity index (χ0n) is 18.9. The molecule has 10 nitrogen and oxygen atoms in total. The fourth-order valence-electron chi connectivity index (χ4n) is 3.98. The molecule has 10 heteroatoms. The van der Waals surface area contributed by atoms with Gasteiger partial charge >= 0.3 is 0 Å². The third-order valence-corrected chi connectivity index (χ3v) is 6.31. The molecule has 0 saturated carbocycles. The minimum atomic E-state index is -1.16. The van der Waals surface area contributed by atoms with Gasteiger partial charge in [-0.25, -0.2) is 9.97 Å². The van der Waals surface area contributed by atoms with Crippen molar-refractivity contribution in [3.05, 3.63) is 18.0 Å². The number of Topliss-reactive ketones (excluding diaryl/α,β-unsaturated/α-hetero) is 2. The summed E-state index contributed by atoms with van der Waals surface area (Å²) in [6, 6.07) is 0. The van der Waals surface area contributed by atoms with Gasteiger partial charge in [0.2, 0.25) is 5.95 Å². The second kappa shape index (κ2) is 10.3. The highest BCUT2D eigenvalue weighted by atomic mass is 16.6. The van der Waals surface area contributed by atoms with Gasteiger partial charge in [0.05, 0.1) is 49.1 Å². The molecule has 3 N–H and O–H groups in total. The Morgan fingerprint density at radius 3 is 2.41 bits per heavy atom.